The minimum Gasteiger partial charge on any atom is -0.383 e. The number of hydrogen-bond acceptors (Lipinski definition) is 4. The van der Waals surface area contributed by atoms with E-state index in [1.165, 1.54) is 44.9 Å². The highest BCUT2D eigenvalue weighted by Gasteiger charge is 2.14. The number of aryl methyl sites for hydroxylation is 1. The summed E-state index contributed by atoms with van der Waals surface area (Å²) >= 11 is 0. The van der Waals surface area contributed by atoms with Gasteiger partial charge in [0.1, 0.15) is 5.82 Å². The first-order valence-electron chi connectivity index (χ1n) is 7.61. The molecule has 4 N–H and O–H groups in total. The molecule has 1 fully saturated rings. The molecule has 1 aromatic heterocycles. The summed E-state index contributed by atoms with van der Waals surface area (Å²) in [6.45, 7) is 2.09. The standard InChI is InChI=1S/C15H26N4/c1-2-13-12(14(16)19-15(17)18-13)10-6-9-11-7-4-3-5-8-11/h11H,2-10H2,1H3,(H4,16,17,18,19). The quantitative estimate of drug-likeness (QED) is 0.854. The molecular formula is C15H26N4. The molecule has 0 aromatic carbocycles. The zero-order valence-corrected chi connectivity index (χ0v) is 12.0. The second-order valence-electron chi connectivity index (χ2n) is 5.64. The fourth-order valence-corrected chi connectivity index (χ4v) is 3.18. The van der Waals surface area contributed by atoms with Gasteiger partial charge in [-0.2, -0.15) is 4.98 Å². The maximum atomic E-state index is 5.99. The third-order valence-electron chi connectivity index (χ3n) is 4.24. The van der Waals surface area contributed by atoms with Crippen LogP contribution >= 0.6 is 0 Å². The molecule has 1 aliphatic rings. The number of anilines is 2. The Morgan fingerprint density at radius 2 is 1.84 bits per heavy atom. The van der Waals surface area contributed by atoms with Gasteiger partial charge < -0.3 is 11.5 Å². The lowest BCUT2D eigenvalue weighted by atomic mass is 9.85. The largest absolute Gasteiger partial charge is 0.383 e. The predicted octanol–water partition coefficient (Wildman–Crippen LogP) is 3.11. The first-order valence-corrected chi connectivity index (χ1v) is 7.61. The summed E-state index contributed by atoms with van der Waals surface area (Å²) in [5.74, 6) is 1.80. The fourth-order valence-electron chi connectivity index (χ4n) is 3.18. The highest BCUT2D eigenvalue weighted by atomic mass is 15.0. The van der Waals surface area contributed by atoms with Crippen LogP contribution in [0.5, 0.6) is 0 Å². The van der Waals surface area contributed by atoms with Gasteiger partial charge in [-0.3, -0.25) is 0 Å². The topological polar surface area (TPSA) is 77.8 Å². The van der Waals surface area contributed by atoms with Gasteiger partial charge in [-0.1, -0.05) is 45.4 Å². The van der Waals surface area contributed by atoms with E-state index in [-0.39, 0.29) is 0 Å². The Bertz CT molecular complexity index is 411. The van der Waals surface area contributed by atoms with Crippen molar-refractivity contribution in [2.75, 3.05) is 11.5 Å². The molecule has 1 saturated carbocycles. The maximum Gasteiger partial charge on any atom is 0.222 e. The summed E-state index contributed by atoms with van der Waals surface area (Å²) in [6.07, 6.45) is 11.4. The van der Waals surface area contributed by atoms with Crippen molar-refractivity contribution in [2.24, 2.45) is 5.92 Å². The van der Waals surface area contributed by atoms with Gasteiger partial charge in [0.2, 0.25) is 5.95 Å². The Morgan fingerprint density at radius 1 is 1.11 bits per heavy atom. The van der Waals surface area contributed by atoms with Crippen LogP contribution in [0.4, 0.5) is 11.8 Å². The summed E-state index contributed by atoms with van der Waals surface area (Å²) in [5.41, 5.74) is 13.8. The lowest BCUT2D eigenvalue weighted by molar-refractivity contribution is 0.332. The average Bonchev–Trinajstić information content (AvgIpc) is 2.42. The normalized spacial score (nSPS) is 16.7. The molecule has 0 atom stereocenters. The molecule has 0 amide bonds. The van der Waals surface area contributed by atoms with E-state index in [1.807, 2.05) is 0 Å². The van der Waals surface area contributed by atoms with Crippen molar-refractivity contribution >= 4 is 11.8 Å². The van der Waals surface area contributed by atoms with Gasteiger partial charge in [-0.15, -0.1) is 0 Å². The Morgan fingerprint density at radius 3 is 2.53 bits per heavy atom. The van der Waals surface area contributed by atoms with Gasteiger partial charge in [-0.05, 0) is 25.2 Å². The zero-order valence-electron chi connectivity index (χ0n) is 12.0. The molecule has 1 aliphatic carbocycles. The number of nitrogen functional groups attached to an aromatic ring is 2. The SMILES string of the molecule is CCc1nc(N)nc(N)c1CCCC1CCCCC1. The summed E-state index contributed by atoms with van der Waals surface area (Å²) in [5, 5.41) is 0. The third-order valence-corrected chi connectivity index (χ3v) is 4.24. The van der Waals surface area contributed by atoms with Crippen LogP contribution < -0.4 is 11.5 Å². The van der Waals surface area contributed by atoms with Crippen molar-refractivity contribution < 1.29 is 0 Å². The summed E-state index contributed by atoms with van der Waals surface area (Å²) < 4.78 is 0. The molecule has 1 heterocycles. The molecule has 1 aromatic rings. The van der Waals surface area contributed by atoms with Gasteiger partial charge >= 0.3 is 0 Å². The lowest BCUT2D eigenvalue weighted by Crippen LogP contribution is -2.10. The van der Waals surface area contributed by atoms with Crippen LogP contribution in [0.2, 0.25) is 0 Å². The Labute approximate surface area is 116 Å². The zero-order chi connectivity index (χ0) is 13.7. The Balaban J connectivity index is 1.91. The second kappa shape index (κ2) is 6.73. The molecular weight excluding hydrogens is 236 g/mol. The van der Waals surface area contributed by atoms with E-state index in [1.54, 1.807) is 0 Å². The van der Waals surface area contributed by atoms with Crippen LogP contribution in [0.1, 0.15) is 63.1 Å². The van der Waals surface area contributed by atoms with Gasteiger partial charge in [-0.25, -0.2) is 4.98 Å². The number of hydrogen-bond donors (Lipinski definition) is 2. The van der Waals surface area contributed by atoms with Crippen molar-refractivity contribution in [2.45, 2.75) is 64.7 Å². The van der Waals surface area contributed by atoms with E-state index in [4.69, 9.17) is 11.5 Å². The fraction of sp³-hybridized carbons (Fsp3) is 0.733. The van der Waals surface area contributed by atoms with E-state index in [2.05, 4.69) is 16.9 Å². The van der Waals surface area contributed by atoms with Gasteiger partial charge in [0, 0.05) is 5.56 Å². The molecule has 4 nitrogen and oxygen atoms in total. The number of aromatic nitrogens is 2. The highest BCUT2D eigenvalue weighted by molar-refractivity contribution is 5.46. The van der Waals surface area contributed by atoms with Crippen molar-refractivity contribution in [1.82, 2.24) is 9.97 Å². The van der Waals surface area contributed by atoms with Gasteiger partial charge in [0.05, 0.1) is 5.69 Å². The van der Waals surface area contributed by atoms with Crippen molar-refractivity contribution in [1.29, 1.82) is 0 Å². The minimum absolute atomic E-state index is 0.297. The summed E-state index contributed by atoms with van der Waals surface area (Å²) in [7, 11) is 0. The molecule has 0 bridgehead atoms. The Hall–Kier alpha value is -1.32. The number of rotatable bonds is 5. The molecule has 106 valence electrons. The van der Waals surface area contributed by atoms with E-state index >= 15 is 0 Å². The number of nitrogens with zero attached hydrogens (tertiary/aromatic N) is 2. The first kappa shape index (κ1) is 14.1. The smallest absolute Gasteiger partial charge is 0.222 e. The molecule has 4 heteroatoms. The molecule has 2 rings (SSSR count). The van der Waals surface area contributed by atoms with Crippen molar-refractivity contribution in [3.8, 4) is 0 Å². The van der Waals surface area contributed by atoms with Crippen LogP contribution in [0, 0.1) is 5.92 Å². The van der Waals surface area contributed by atoms with Crippen LogP contribution in [0.25, 0.3) is 0 Å². The minimum atomic E-state index is 0.297. The summed E-state index contributed by atoms with van der Waals surface area (Å²) in [4.78, 5) is 8.40. The van der Waals surface area contributed by atoms with Crippen molar-refractivity contribution in [3.05, 3.63) is 11.3 Å². The highest BCUT2D eigenvalue weighted by Crippen LogP contribution is 2.28. The van der Waals surface area contributed by atoms with Crippen LogP contribution in [-0.4, -0.2) is 9.97 Å². The van der Waals surface area contributed by atoms with E-state index in [0.717, 1.165) is 30.0 Å². The van der Waals surface area contributed by atoms with Crippen LogP contribution in [0.15, 0.2) is 0 Å². The van der Waals surface area contributed by atoms with E-state index < -0.39 is 0 Å². The number of nitrogens with two attached hydrogens (primary N) is 2. The second-order valence-corrected chi connectivity index (χ2v) is 5.64. The maximum absolute atomic E-state index is 5.99. The first-order chi connectivity index (χ1) is 9.20. The van der Waals surface area contributed by atoms with Crippen LogP contribution in [-0.2, 0) is 12.8 Å². The third kappa shape index (κ3) is 3.82. The Kier molecular flexibility index (Phi) is 5.00. The van der Waals surface area contributed by atoms with Gasteiger partial charge in [0.25, 0.3) is 0 Å². The molecule has 19 heavy (non-hydrogen) atoms. The molecule has 0 radical (unpaired) electrons. The predicted molar refractivity (Wildman–Crippen MR) is 79.7 cm³/mol. The van der Waals surface area contributed by atoms with Crippen molar-refractivity contribution in [3.63, 3.8) is 0 Å². The molecule has 0 aliphatic heterocycles. The lowest BCUT2D eigenvalue weighted by Gasteiger charge is -2.21. The van der Waals surface area contributed by atoms with E-state index in [0.29, 0.717) is 11.8 Å². The van der Waals surface area contributed by atoms with E-state index in [9.17, 15) is 0 Å². The monoisotopic (exact) mass is 262 g/mol. The van der Waals surface area contributed by atoms with Gasteiger partial charge in [0.15, 0.2) is 0 Å². The summed E-state index contributed by atoms with van der Waals surface area (Å²) in [6, 6.07) is 0. The molecule has 0 saturated heterocycles. The molecule has 0 unspecified atom stereocenters. The average molecular weight is 262 g/mol. The molecule has 0 spiro atoms. The van der Waals surface area contributed by atoms with Crippen LogP contribution in [0.3, 0.4) is 0 Å².